The predicted molar refractivity (Wildman–Crippen MR) is 106 cm³/mol. The van der Waals surface area contributed by atoms with Crippen molar-refractivity contribution in [3.8, 4) is 11.1 Å². The maximum atomic E-state index is 12.7. The number of fused-ring (bicyclic) bond motifs is 1. The third kappa shape index (κ3) is 3.22. The number of rotatable bonds is 3. The summed E-state index contributed by atoms with van der Waals surface area (Å²) in [6.07, 6.45) is 1.63. The first kappa shape index (κ1) is 16.7. The van der Waals surface area contributed by atoms with E-state index < -0.39 is 0 Å². The Kier molecular flexibility index (Phi) is 4.26. The van der Waals surface area contributed by atoms with Gasteiger partial charge in [-0.1, -0.05) is 48.5 Å². The van der Waals surface area contributed by atoms with E-state index in [2.05, 4.69) is 10.3 Å². The number of pyridine rings is 1. The number of nitrogens with one attached hydrogen (secondary N) is 1. The Hall–Kier alpha value is -3.73. The highest BCUT2D eigenvalue weighted by Crippen LogP contribution is 2.19. The van der Waals surface area contributed by atoms with Crippen LogP contribution in [0.1, 0.15) is 16.1 Å². The summed E-state index contributed by atoms with van der Waals surface area (Å²) in [7, 11) is 0. The number of aromatic nitrogens is 2. The van der Waals surface area contributed by atoms with Gasteiger partial charge in [0.05, 0.1) is 5.69 Å². The summed E-state index contributed by atoms with van der Waals surface area (Å²) in [5.41, 5.74) is 3.51. The molecule has 0 spiro atoms. The minimum atomic E-state index is -0.340. The van der Waals surface area contributed by atoms with Crippen molar-refractivity contribution in [3.63, 3.8) is 0 Å². The summed E-state index contributed by atoms with van der Waals surface area (Å²) < 4.78 is 1.42. The first-order valence-corrected chi connectivity index (χ1v) is 8.58. The van der Waals surface area contributed by atoms with Crippen LogP contribution in [0.25, 0.3) is 16.8 Å². The molecule has 5 heteroatoms. The third-order valence-electron chi connectivity index (χ3n) is 4.41. The van der Waals surface area contributed by atoms with E-state index in [9.17, 15) is 9.59 Å². The molecule has 2 heterocycles. The Balaban J connectivity index is 1.63. The minimum Gasteiger partial charge on any atom is -0.316 e. The highest BCUT2D eigenvalue weighted by Gasteiger charge is 2.14. The van der Waals surface area contributed by atoms with Gasteiger partial charge in [0.15, 0.2) is 0 Å². The Morgan fingerprint density at radius 3 is 2.30 bits per heavy atom. The molecule has 4 aromatic rings. The summed E-state index contributed by atoms with van der Waals surface area (Å²) in [5, 5.41) is 2.71. The molecule has 0 aliphatic carbocycles. The summed E-state index contributed by atoms with van der Waals surface area (Å²) in [6, 6.07) is 22.5. The van der Waals surface area contributed by atoms with Crippen LogP contribution in [0.5, 0.6) is 0 Å². The number of carbonyl (C=O) groups is 1. The number of nitrogens with zero attached hydrogens (tertiary/aromatic N) is 2. The molecular weight excluding hydrogens is 338 g/mol. The van der Waals surface area contributed by atoms with Gasteiger partial charge in [-0.05, 0) is 42.3 Å². The van der Waals surface area contributed by atoms with Gasteiger partial charge in [-0.3, -0.25) is 14.0 Å². The smallest absolute Gasteiger partial charge is 0.281 e. The van der Waals surface area contributed by atoms with Crippen molar-refractivity contribution in [1.29, 1.82) is 0 Å². The van der Waals surface area contributed by atoms with Crippen LogP contribution >= 0.6 is 0 Å². The van der Waals surface area contributed by atoms with Gasteiger partial charge < -0.3 is 5.32 Å². The van der Waals surface area contributed by atoms with E-state index >= 15 is 0 Å². The maximum absolute atomic E-state index is 12.7. The van der Waals surface area contributed by atoms with Crippen molar-refractivity contribution in [2.45, 2.75) is 6.92 Å². The Labute approximate surface area is 155 Å². The molecule has 0 bridgehead atoms. The normalized spacial score (nSPS) is 10.7. The number of aryl methyl sites for hydroxylation is 1. The second kappa shape index (κ2) is 6.88. The van der Waals surface area contributed by atoms with E-state index in [1.54, 1.807) is 37.4 Å². The standard InChI is InChI=1S/C22H17N3O2/c1-15-20(22(27)25-14-6-5-9-19(25)23-15)24-21(26)18-12-10-17(11-13-18)16-7-3-2-4-8-16/h2-14H,1H3,(H,24,26). The van der Waals surface area contributed by atoms with Crippen LogP contribution in [0.4, 0.5) is 5.69 Å². The monoisotopic (exact) mass is 355 g/mol. The second-order valence-electron chi connectivity index (χ2n) is 6.20. The third-order valence-corrected chi connectivity index (χ3v) is 4.41. The molecule has 27 heavy (non-hydrogen) atoms. The SMILES string of the molecule is Cc1nc2ccccn2c(=O)c1NC(=O)c1ccc(-c2ccccc2)cc1. The predicted octanol–water partition coefficient (Wildman–Crippen LogP) is 3.92. The zero-order valence-corrected chi connectivity index (χ0v) is 14.7. The molecule has 0 fully saturated rings. The Morgan fingerprint density at radius 1 is 0.889 bits per heavy atom. The van der Waals surface area contributed by atoms with Gasteiger partial charge in [-0.15, -0.1) is 0 Å². The van der Waals surface area contributed by atoms with Gasteiger partial charge in [-0.2, -0.15) is 0 Å². The molecule has 0 atom stereocenters. The van der Waals surface area contributed by atoms with Gasteiger partial charge in [0.25, 0.3) is 11.5 Å². The molecule has 4 rings (SSSR count). The molecular formula is C22H17N3O2. The molecule has 1 amide bonds. The summed E-state index contributed by atoms with van der Waals surface area (Å²) in [4.78, 5) is 29.7. The lowest BCUT2D eigenvalue weighted by atomic mass is 10.0. The van der Waals surface area contributed by atoms with Crippen molar-refractivity contribution in [2.24, 2.45) is 0 Å². The van der Waals surface area contributed by atoms with Crippen LogP contribution in [-0.4, -0.2) is 15.3 Å². The number of carbonyl (C=O) groups excluding carboxylic acids is 1. The molecule has 0 saturated heterocycles. The molecule has 0 saturated carbocycles. The molecule has 132 valence electrons. The molecule has 5 nitrogen and oxygen atoms in total. The molecule has 1 N–H and O–H groups in total. The highest BCUT2D eigenvalue weighted by molar-refractivity contribution is 6.04. The fraction of sp³-hybridized carbons (Fsp3) is 0.0455. The van der Waals surface area contributed by atoms with E-state index in [1.165, 1.54) is 4.40 Å². The van der Waals surface area contributed by atoms with E-state index in [0.717, 1.165) is 11.1 Å². The summed E-state index contributed by atoms with van der Waals surface area (Å²) >= 11 is 0. The maximum Gasteiger partial charge on any atom is 0.281 e. The van der Waals surface area contributed by atoms with Crippen LogP contribution in [-0.2, 0) is 0 Å². The average Bonchev–Trinajstić information content (AvgIpc) is 2.72. The molecule has 2 aromatic carbocycles. The number of amides is 1. The number of anilines is 1. The number of benzene rings is 2. The fourth-order valence-corrected chi connectivity index (χ4v) is 2.97. The summed E-state index contributed by atoms with van der Waals surface area (Å²) in [6.45, 7) is 1.71. The van der Waals surface area contributed by atoms with E-state index in [4.69, 9.17) is 0 Å². The lowest BCUT2D eigenvalue weighted by Gasteiger charge is -2.10. The average molecular weight is 355 g/mol. The van der Waals surface area contributed by atoms with E-state index in [-0.39, 0.29) is 17.2 Å². The van der Waals surface area contributed by atoms with Crippen molar-refractivity contribution in [1.82, 2.24) is 9.38 Å². The van der Waals surface area contributed by atoms with Gasteiger partial charge in [-0.25, -0.2) is 4.98 Å². The van der Waals surface area contributed by atoms with Crippen molar-refractivity contribution >= 4 is 17.2 Å². The quantitative estimate of drug-likeness (QED) is 0.606. The van der Waals surface area contributed by atoms with Gasteiger partial charge in [0.2, 0.25) is 0 Å². The Bertz CT molecular complexity index is 1180. The minimum absolute atomic E-state index is 0.191. The van der Waals surface area contributed by atoms with E-state index in [1.807, 2.05) is 48.5 Å². The molecule has 0 aliphatic heterocycles. The Morgan fingerprint density at radius 2 is 1.56 bits per heavy atom. The number of hydrogen-bond acceptors (Lipinski definition) is 3. The first-order valence-electron chi connectivity index (χ1n) is 8.58. The van der Waals surface area contributed by atoms with Crippen LogP contribution < -0.4 is 10.9 Å². The van der Waals surface area contributed by atoms with Crippen molar-refractivity contribution in [3.05, 3.63) is 101 Å². The zero-order valence-electron chi connectivity index (χ0n) is 14.7. The fourth-order valence-electron chi connectivity index (χ4n) is 2.97. The van der Waals surface area contributed by atoms with Gasteiger partial charge in [0, 0.05) is 11.8 Å². The van der Waals surface area contributed by atoms with E-state index in [0.29, 0.717) is 16.9 Å². The molecule has 0 unspecified atom stereocenters. The summed E-state index contributed by atoms with van der Waals surface area (Å²) in [5.74, 6) is -0.340. The zero-order chi connectivity index (χ0) is 18.8. The second-order valence-corrected chi connectivity index (χ2v) is 6.20. The molecule has 0 aliphatic rings. The van der Waals surface area contributed by atoms with Crippen LogP contribution in [0.15, 0.2) is 83.8 Å². The largest absolute Gasteiger partial charge is 0.316 e. The topological polar surface area (TPSA) is 63.5 Å². The molecule has 2 aromatic heterocycles. The van der Waals surface area contributed by atoms with Crippen molar-refractivity contribution < 1.29 is 4.79 Å². The first-order chi connectivity index (χ1) is 13.1. The van der Waals surface area contributed by atoms with Gasteiger partial charge in [0.1, 0.15) is 11.3 Å². The lowest BCUT2D eigenvalue weighted by molar-refractivity contribution is 0.102. The lowest BCUT2D eigenvalue weighted by Crippen LogP contribution is -2.24. The molecule has 0 radical (unpaired) electrons. The van der Waals surface area contributed by atoms with Crippen LogP contribution in [0.3, 0.4) is 0 Å². The van der Waals surface area contributed by atoms with Gasteiger partial charge >= 0.3 is 0 Å². The van der Waals surface area contributed by atoms with Crippen LogP contribution in [0, 0.1) is 6.92 Å². The highest BCUT2D eigenvalue weighted by atomic mass is 16.2. The van der Waals surface area contributed by atoms with Crippen molar-refractivity contribution in [2.75, 3.05) is 5.32 Å². The van der Waals surface area contributed by atoms with Crippen LogP contribution in [0.2, 0.25) is 0 Å². The number of hydrogen-bond donors (Lipinski definition) is 1.